The third kappa shape index (κ3) is 3.18. The van der Waals surface area contributed by atoms with Crippen LogP contribution in [0.4, 0.5) is 0 Å². The number of hydrogen-bond acceptors (Lipinski definition) is 2. The number of aldehydes is 1. The summed E-state index contributed by atoms with van der Waals surface area (Å²) in [5.74, 6) is 0. The van der Waals surface area contributed by atoms with Gasteiger partial charge in [0, 0.05) is 0 Å². The fourth-order valence-corrected chi connectivity index (χ4v) is 1.31. The molecule has 0 amide bonds. The molecule has 1 heterocycles. The minimum atomic E-state index is 0.229. The van der Waals surface area contributed by atoms with Crippen LogP contribution in [0.1, 0.15) is 32.6 Å². The van der Waals surface area contributed by atoms with Crippen molar-refractivity contribution in [3.8, 4) is 0 Å². The summed E-state index contributed by atoms with van der Waals surface area (Å²) >= 11 is 0. The molecule has 0 aromatic carbocycles. The lowest BCUT2D eigenvalue weighted by Crippen LogP contribution is -1.90. The highest BCUT2D eigenvalue weighted by atomic mass is 16.6. The number of allylic oxidation sites excluding steroid dienone is 1. The lowest BCUT2D eigenvalue weighted by atomic mass is 10.1. The van der Waals surface area contributed by atoms with Gasteiger partial charge in [0.1, 0.15) is 12.4 Å². The molecule has 1 aliphatic heterocycles. The maximum absolute atomic E-state index is 9.96. The molecule has 1 saturated heterocycles. The van der Waals surface area contributed by atoms with E-state index in [1.165, 1.54) is 25.3 Å². The van der Waals surface area contributed by atoms with Crippen molar-refractivity contribution in [1.82, 2.24) is 0 Å². The summed E-state index contributed by atoms with van der Waals surface area (Å²) in [6.07, 6.45) is 9.69. The number of unbranched alkanes of at least 4 members (excludes halogenated alkanes) is 2. The third-order valence-electron chi connectivity index (χ3n) is 2.09. The molecular weight excluding hydrogens is 152 g/mol. The molecule has 0 radical (unpaired) electrons. The molecule has 2 heteroatoms. The normalized spacial score (nSPS) is 27.8. The van der Waals surface area contributed by atoms with Gasteiger partial charge in [-0.05, 0) is 12.5 Å². The second-order valence-electron chi connectivity index (χ2n) is 3.16. The number of epoxide rings is 1. The van der Waals surface area contributed by atoms with Gasteiger partial charge in [-0.2, -0.15) is 0 Å². The first-order chi connectivity index (χ1) is 5.88. The number of hydrogen-bond donors (Lipinski definition) is 0. The van der Waals surface area contributed by atoms with E-state index in [2.05, 4.69) is 6.92 Å². The molecule has 0 bridgehead atoms. The van der Waals surface area contributed by atoms with Crippen molar-refractivity contribution >= 4 is 6.29 Å². The van der Waals surface area contributed by atoms with Gasteiger partial charge in [0.25, 0.3) is 0 Å². The van der Waals surface area contributed by atoms with Gasteiger partial charge in [0.2, 0.25) is 0 Å². The van der Waals surface area contributed by atoms with E-state index in [0.717, 1.165) is 12.7 Å². The van der Waals surface area contributed by atoms with Crippen LogP contribution in [-0.4, -0.2) is 18.5 Å². The van der Waals surface area contributed by atoms with Crippen molar-refractivity contribution in [2.75, 3.05) is 0 Å². The van der Waals surface area contributed by atoms with Crippen LogP contribution in [0.3, 0.4) is 0 Å². The Labute approximate surface area is 73.6 Å². The largest absolute Gasteiger partial charge is 0.365 e. The summed E-state index contributed by atoms with van der Waals surface area (Å²) in [7, 11) is 0. The minimum Gasteiger partial charge on any atom is -0.365 e. The number of rotatable bonds is 6. The van der Waals surface area contributed by atoms with Crippen molar-refractivity contribution in [3.05, 3.63) is 12.2 Å². The van der Waals surface area contributed by atoms with Crippen LogP contribution in [0, 0.1) is 0 Å². The highest BCUT2D eigenvalue weighted by molar-refractivity contribution is 5.64. The zero-order valence-electron chi connectivity index (χ0n) is 7.53. The molecule has 0 spiro atoms. The molecular formula is C10H16O2. The zero-order chi connectivity index (χ0) is 8.81. The van der Waals surface area contributed by atoms with E-state index in [-0.39, 0.29) is 6.10 Å². The van der Waals surface area contributed by atoms with Gasteiger partial charge < -0.3 is 4.74 Å². The first-order valence-corrected chi connectivity index (χ1v) is 4.66. The van der Waals surface area contributed by atoms with Crippen molar-refractivity contribution in [2.45, 2.75) is 44.8 Å². The Hall–Kier alpha value is -0.630. The van der Waals surface area contributed by atoms with Crippen molar-refractivity contribution in [1.29, 1.82) is 0 Å². The molecule has 1 aliphatic rings. The van der Waals surface area contributed by atoms with Crippen LogP contribution >= 0.6 is 0 Å². The summed E-state index contributed by atoms with van der Waals surface area (Å²) in [5, 5.41) is 0. The van der Waals surface area contributed by atoms with E-state index in [1.54, 1.807) is 0 Å². The Morgan fingerprint density at radius 1 is 1.42 bits per heavy atom. The van der Waals surface area contributed by atoms with Gasteiger partial charge >= 0.3 is 0 Å². The van der Waals surface area contributed by atoms with E-state index >= 15 is 0 Å². The van der Waals surface area contributed by atoms with Crippen molar-refractivity contribution in [3.63, 3.8) is 0 Å². The predicted octanol–water partition coefficient (Wildman–Crippen LogP) is 2.09. The highest BCUT2D eigenvalue weighted by Gasteiger charge is 2.35. The van der Waals surface area contributed by atoms with Crippen LogP contribution in [0.5, 0.6) is 0 Å². The summed E-state index contributed by atoms with van der Waals surface area (Å²) < 4.78 is 5.32. The predicted molar refractivity (Wildman–Crippen MR) is 48.0 cm³/mol. The Kier molecular flexibility index (Phi) is 4.01. The van der Waals surface area contributed by atoms with Crippen molar-refractivity contribution in [2.24, 2.45) is 0 Å². The fourth-order valence-electron chi connectivity index (χ4n) is 1.31. The molecule has 12 heavy (non-hydrogen) atoms. The van der Waals surface area contributed by atoms with Gasteiger partial charge in [-0.3, -0.25) is 4.79 Å². The lowest BCUT2D eigenvalue weighted by molar-refractivity contribution is -0.104. The maximum atomic E-state index is 9.96. The van der Waals surface area contributed by atoms with Crippen LogP contribution < -0.4 is 0 Å². The summed E-state index contributed by atoms with van der Waals surface area (Å²) in [4.78, 5) is 9.96. The second-order valence-corrected chi connectivity index (χ2v) is 3.16. The Morgan fingerprint density at radius 2 is 2.25 bits per heavy atom. The van der Waals surface area contributed by atoms with Gasteiger partial charge in [-0.15, -0.1) is 0 Å². The molecule has 0 unspecified atom stereocenters. The quantitative estimate of drug-likeness (QED) is 0.263. The third-order valence-corrected chi connectivity index (χ3v) is 2.09. The van der Waals surface area contributed by atoms with E-state index < -0.39 is 0 Å². The van der Waals surface area contributed by atoms with E-state index in [1.807, 2.05) is 6.08 Å². The van der Waals surface area contributed by atoms with E-state index in [9.17, 15) is 4.79 Å². The highest BCUT2D eigenvalue weighted by Crippen LogP contribution is 2.28. The Morgan fingerprint density at radius 3 is 2.92 bits per heavy atom. The van der Waals surface area contributed by atoms with Crippen LogP contribution in [0.25, 0.3) is 0 Å². The number of carbonyl (C=O) groups excluding carboxylic acids is 1. The SMILES string of the molecule is CCCCC[C@@H]1O[C@@H]1/C=C/C=O. The molecule has 1 fully saturated rings. The van der Waals surface area contributed by atoms with Gasteiger partial charge in [0.15, 0.2) is 0 Å². The molecule has 0 aromatic heterocycles. The Balaban J connectivity index is 2.00. The first-order valence-electron chi connectivity index (χ1n) is 4.66. The van der Waals surface area contributed by atoms with E-state index in [0.29, 0.717) is 6.10 Å². The average molecular weight is 168 g/mol. The van der Waals surface area contributed by atoms with Crippen molar-refractivity contribution < 1.29 is 9.53 Å². The zero-order valence-corrected chi connectivity index (χ0v) is 7.53. The number of carbonyl (C=O) groups is 1. The molecule has 2 atom stereocenters. The maximum Gasteiger partial charge on any atom is 0.142 e. The molecule has 2 nitrogen and oxygen atoms in total. The molecule has 68 valence electrons. The first kappa shape index (κ1) is 9.46. The molecule has 0 aromatic rings. The van der Waals surface area contributed by atoms with E-state index in [4.69, 9.17) is 4.74 Å². The average Bonchev–Trinajstić information content (AvgIpc) is 2.81. The molecule has 0 N–H and O–H groups in total. The standard InChI is InChI=1S/C10H16O2/c1-2-3-4-6-9-10(12-9)7-5-8-11/h5,7-10H,2-4,6H2,1H3/b7-5+/t9-,10+/m0/s1. The molecule has 0 aliphatic carbocycles. The van der Waals surface area contributed by atoms with Gasteiger partial charge in [-0.1, -0.05) is 32.3 Å². The monoisotopic (exact) mass is 168 g/mol. The molecule has 1 rings (SSSR count). The lowest BCUT2D eigenvalue weighted by Gasteiger charge is -1.91. The topological polar surface area (TPSA) is 29.6 Å². The Bertz CT molecular complexity index is 163. The summed E-state index contributed by atoms with van der Waals surface area (Å²) in [5.41, 5.74) is 0. The fraction of sp³-hybridized carbons (Fsp3) is 0.700. The second kappa shape index (κ2) is 5.09. The van der Waals surface area contributed by atoms with Gasteiger partial charge in [0.05, 0.1) is 6.10 Å². The van der Waals surface area contributed by atoms with Gasteiger partial charge in [-0.25, -0.2) is 0 Å². The van der Waals surface area contributed by atoms with Crippen LogP contribution in [0.2, 0.25) is 0 Å². The minimum absolute atomic E-state index is 0.229. The van der Waals surface area contributed by atoms with Crippen LogP contribution in [-0.2, 0) is 9.53 Å². The summed E-state index contributed by atoms with van der Waals surface area (Å²) in [6, 6.07) is 0. The van der Waals surface area contributed by atoms with Crippen LogP contribution in [0.15, 0.2) is 12.2 Å². The smallest absolute Gasteiger partial charge is 0.142 e. The number of ether oxygens (including phenoxy) is 1. The molecule has 0 saturated carbocycles. The summed E-state index contributed by atoms with van der Waals surface area (Å²) in [6.45, 7) is 2.19.